The highest BCUT2D eigenvalue weighted by atomic mass is 32.2. The summed E-state index contributed by atoms with van der Waals surface area (Å²) < 4.78 is 22.0. The normalized spacial score (nSPS) is 11.4. The third-order valence-corrected chi connectivity index (χ3v) is 3.32. The van der Waals surface area contributed by atoms with Gasteiger partial charge in [0, 0.05) is 24.5 Å². The summed E-state index contributed by atoms with van der Waals surface area (Å²) in [6.07, 6.45) is 1.15. The topological polar surface area (TPSA) is 75.3 Å². The van der Waals surface area contributed by atoms with Crippen molar-refractivity contribution in [3.8, 4) is 0 Å². The molecule has 2 N–H and O–H groups in total. The molecule has 0 saturated carbocycles. The molecule has 19 heavy (non-hydrogen) atoms. The molecule has 1 aromatic carbocycles. The van der Waals surface area contributed by atoms with Crippen LogP contribution in [0.5, 0.6) is 0 Å². The molecule has 0 spiro atoms. The number of amides is 1. The third-order valence-electron chi connectivity index (χ3n) is 2.37. The first-order valence-corrected chi connectivity index (χ1v) is 8.17. The van der Waals surface area contributed by atoms with Crippen LogP contribution in [0.2, 0.25) is 0 Å². The lowest BCUT2D eigenvalue weighted by atomic mass is 10.1. The molecule has 0 saturated heterocycles. The van der Waals surface area contributed by atoms with Crippen molar-refractivity contribution in [2.24, 2.45) is 0 Å². The highest BCUT2D eigenvalue weighted by molar-refractivity contribution is 7.90. The molecule has 0 fully saturated rings. The van der Waals surface area contributed by atoms with Crippen LogP contribution in [0.1, 0.15) is 24.2 Å². The van der Waals surface area contributed by atoms with E-state index in [2.05, 4.69) is 10.6 Å². The van der Waals surface area contributed by atoms with E-state index in [1.54, 1.807) is 12.1 Å². The number of rotatable bonds is 6. The average molecular weight is 284 g/mol. The van der Waals surface area contributed by atoms with Crippen LogP contribution >= 0.6 is 0 Å². The molecule has 0 aliphatic carbocycles. The summed E-state index contributed by atoms with van der Waals surface area (Å²) in [5.74, 6) is -0.328. The Kier molecular flexibility index (Phi) is 5.35. The van der Waals surface area contributed by atoms with Crippen LogP contribution in [-0.4, -0.2) is 38.9 Å². The molecule has 0 atom stereocenters. The third kappa shape index (κ3) is 5.74. The number of anilines is 1. The van der Waals surface area contributed by atoms with Gasteiger partial charge < -0.3 is 10.6 Å². The van der Waals surface area contributed by atoms with E-state index in [-0.39, 0.29) is 24.2 Å². The van der Waals surface area contributed by atoms with E-state index in [0.717, 1.165) is 11.9 Å². The van der Waals surface area contributed by atoms with Gasteiger partial charge in [0.05, 0.1) is 11.3 Å². The number of para-hydroxylation sites is 1. The second-order valence-electron chi connectivity index (χ2n) is 4.73. The molecule has 1 rings (SSSR count). The number of hydrogen-bond donors (Lipinski definition) is 2. The van der Waals surface area contributed by atoms with Crippen LogP contribution in [-0.2, 0) is 9.84 Å². The Morgan fingerprint density at radius 2 is 1.89 bits per heavy atom. The lowest BCUT2D eigenvalue weighted by Gasteiger charge is -2.14. The van der Waals surface area contributed by atoms with Crippen molar-refractivity contribution in [1.82, 2.24) is 5.32 Å². The van der Waals surface area contributed by atoms with Crippen LogP contribution in [0, 0.1) is 0 Å². The number of carbonyl (C=O) groups is 1. The van der Waals surface area contributed by atoms with Gasteiger partial charge in [-0.15, -0.1) is 0 Å². The van der Waals surface area contributed by atoms with Crippen molar-refractivity contribution in [2.75, 3.05) is 23.9 Å². The van der Waals surface area contributed by atoms with Gasteiger partial charge in [-0.3, -0.25) is 4.79 Å². The maximum absolute atomic E-state index is 12.0. The number of carbonyl (C=O) groups excluding carboxylic acids is 1. The molecular formula is C13H20N2O3S. The smallest absolute Gasteiger partial charge is 0.253 e. The Labute approximate surface area is 114 Å². The van der Waals surface area contributed by atoms with E-state index >= 15 is 0 Å². The zero-order chi connectivity index (χ0) is 14.5. The van der Waals surface area contributed by atoms with E-state index in [1.807, 2.05) is 26.0 Å². The van der Waals surface area contributed by atoms with Gasteiger partial charge in [-0.25, -0.2) is 8.42 Å². The minimum absolute atomic E-state index is 0.0570. The Bertz CT molecular complexity index is 539. The van der Waals surface area contributed by atoms with Gasteiger partial charge in [-0.05, 0) is 26.0 Å². The number of benzene rings is 1. The monoisotopic (exact) mass is 284 g/mol. The maximum atomic E-state index is 12.0. The fourth-order valence-electron chi connectivity index (χ4n) is 1.56. The highest BCUT2D eigenvalue weighted by Gasteiger charge is 2.11. The van der Waals surface area contributed by atoms with E-state index in [1.165, 1.54) is 0 Å². The Morgan fingerprint density at radius 1 is 1.26 bits per heavy atom. The van der Waals surface area contributed by atoms with Crippen LogP contribution in [0.3, 0.4) is 0 Å². The zero-order valence-electron chi connectivity index (χ0n) is 11.4. The lowest BCUT2D eigenvalue weighted by Crippen LogP contribution is -2.29. The zero-order valence-corrected chi connectivity index (χ0v) is 12.3. The van der Waals surface area contributed by atoms with E-state index in [9.17, 15) is 13.2 Å². The predicted molar refractivity (Wildman–Crippen MR) is 77.2 cm³/mol. The second kappa shape index (κ2) is 6.56. The summed E-state index contributed by atoms with van der Waals surface area (Å²) in [5.41, 5.74) is 1.26. The predicted octanol–water partition coefficient (Wildman–Crippen LogP) is 1.28. The second-order valence-corrected chi connectivity index (χ2v) is 6.99. The Hall–Kier alpha value is -1.56. The first kappa shape index (κ1) is 15.5. The maximum Gasteiger partial charge on any atom is 0.253 e. The van der Waals surface area contributed by atoms with Crippen LogP contribution in [0.4, 0.5) is 5.69 Å². The molecule has 1 amide bonds. The van der Waals surface area contributed by atoms with Crippen molar-refractivity contribution in [3.05, 3.63) is 29.8 Å². The highest BCUT2D eigenvalue weighted by Crippen LogP contribution is 2.15. The molecule has 0 unspecified atom stereocenters. The average Bonchev–Trinajstić information content (AvgIpc) is 2.27. The van der Waals surface area contributed by atoms with Crippen molar-refractivity contribution in [2.45, 2.75) is 19.9 Å². The SMILES string of the molecule is CC(C)Nc1ccccc1C(=O)NCCS(C)(=O)=O. The molecule has 1 aromatic rings. The molecule has 0 aromatic heterocycles. The summed E-state index contributed by atoms with van der Waals surface area (Å²) >= 11 is 0. The molecule has 5 nitrogen and oxygen atoms in total. The van der Waals surface area contributed by atoms with Crippen molar-refractivity contribution in [1.29, 1.82) is 0 Å². The first-order chi connectivity index (χ1) is 8.79. The van der Waals surface area contributed by atoms with Crippen LogP contribution < -0.4 is 10.6 Å². The first-order valence-electron chi connectivity index (χ1n) is 6.11. The molecular weight excluding hydrogens is 264 g/mol. The fourth-order valence-corrected chi connectivity index (χ4v) is 2.04. The van der Waals surface area contributed by atoms with E-state index < -0.39 is 9.84 Å². The summed E-state index contributed by atoms with van der Waals surface area (Å²) in [5, 5.41) is 5.79. The van der Waals surface area contributed by atoms with Crippen molar-refractivity contribution in [3.63, 3.8) is 0 Å². The molecule has 0 bridgehead atoms. The van der Waals surface area contributed by atoms with Gasteiger partial charge in [0.25, 0.3) is 5.91 Å². The lowest BCUT2D eigenvalue weighted by molar-refractivity contribution is 0.0957. The van der Waals surface area contributed by atoms with E-state index in [4.69, 9.17) is 0 Å². The van der Waals surface area contributed by atoms with Crippen LogP contribution in [0.25, 0.3) is 0 Å². The molecule has 0 radical (unpaired) electrons. The van der Waals surface area contributed by atoms with Crippen molar-refractivity contribution >= 4 is 21.4 Å². The van der Waals surface area contributed by atoms with Gasteiger partial charge in [0.2, 0.25) is 0 Å². The Morgan fingerprint density at radius 3 is 2.47 bits per heavy atom. The number of sulfone groups is 1. The van der Waals surface area contributed by atoms with Gasteiger partial charge in [0.1, 0.15) is 9.84 Å². The quantitative estimate of drug-likeness (QED) is 0.825. The minimum atomic E-state index is -3.06. The minimum Gasteiger partial charge on any atom is -0.382 e. The molecule has 6 heteroatoms. The van der Waals surface area contributed by atoms with Crippen molar-refractivity contribution < 1.29 is 13.2 Å². The molecule has 0 heterocycles. The number of nitrogens with one attached hydrogen (secondary N) is 2. The largest absolute Gasteiger partial charge is 0.382 e. The molecule has 0 aliphatic rings. The van der Waals surface area contributed by atoms with E-state index in [0.29, 0.717) is 5.56 Å². The van der Waals surface area contributed by atoms with Gasteiger partial charge in [-0.2, -0.15) is 0 Å². The van der Waals surface area contributed by atoms with Gasteiger partial charge in [0.15, 0.2) is 0 Å². The van der Waals surface area contributed by atoms with Gasteiger partial charge in [-0.1, -0.05) is 12.1 Å². The Balaban J connectivity index is 2.71. The molecule has 106 valence electrons. The standard InChI is InChI=1S/C13H20N2O3S/c1-10(2)15-12-7-5-4-6-11(12)13(16)14-8-9-19(3,17)18/h4-7,10,15H,8-9H2,1-3H3,(H,14,16). The van der Waals surface area contributed by atoms with Gasteiger partial charge >= 0.3 is 0 Å². The summed E-state index contributed by atoms with van der Waals surface area (Å²) in [4.78, 5) is 12.0. The summed E-state index contributed by atoms with van der Waals surface area (Å²) in [6.45, 7) is 4.09. The molecule has 0 aliphatic heterocycles. The summed E-state index contributed by atoms with van der Waals surface area (Å²) in [6, 6.07) is 7.37. The summed E-state index contributed by atoms with van der Waals surface area (Å²) in [7, 11) is -3.06. The number of hydrogen-bond acceptors (Lipinski definition) is 4. The van der Waals surface area contributed by atoms with Crippen LogP contribution in [0.15, 0.2) is 24.3 Å². The fraction of sp³-hybridized carbons (Fsp3) is 0.462.